The summed E-state index contributed by atoms with van der Waals surface area (Å²) in [6, 6.07) is 0. The van der Waals surface area contributed by atoms with Crippen LogP contribution in [-0.2, 0) is 4.79 Å². The third-order valence-electron chi connectivity index (χ3n) is 0.987. The Bertz CT molecular complexity index is 194. The van der Waals surface area contributed by atoms with Crippen molar-refractivity contribution in [2.24, 2.45) is 4.99 Å². The number of aliphatic imine (C=N–C) groups is 1. The number of carboxylic acid groups (broad SMARTS) is 1. The molecule has 0 aliphatic rings. The van der Waals surface area contributed by atoms with E-state index in [0.29, 0.717) is 0 Å². The van der Waals surface area contributed by atoms with Crippen LogP contribution in [0.2, 0.25) is 0 Å². The molecule has 0 radical (unpaired) electrons. The number of aliphatic hydroxyl groups is 1. The molecule has 4 heteroatoms. The fraction of sp³-hybridized carbons (Fsp3) is 0.429. The van der Waals surface area contributed by atoms with Gasteiger partial charge in [-0.1, -0.05) is 6.08 Å². The molecule has 0 rings (SSSR count). The number of nitrogens with zero attached hydrogens (tertiary/aromatic N) is 1. The van der Waals surface area contributed by atoms with Crippen LogP contribution in [0.25, 0.3) is 0 Å². The highest BCUT2D eigenvalue weighted by atomic mass is 16.4. The molecule has 62 valence electrons. The van der Waals surface area contributed by atoms with E-state index in [2.05, 4.69) is 4.99 Å². The second-order valence-corrected chi connectivity index (χ2v) is 1.96. The van der Waals surface area contributed by atoms with Gasteiger partial charge in [0.1, 0.15) is 6.23 Å². The Kier molecular flexibility index (Phi) is 4.14. The lowest BCUT2D eigenvalue weighted by Crippen LogP contribution is -2.03. The lowest BCUT2D eigenvalue weighted by molar-refractivity contribution is -0.132. The molecule has 0 aromatic rings. The zero-order chi connectivity index (χ0) is 8.85. The molecule has 0 bridgehead atoms. The Labute approximate surface area is 64.9 Å². The summed E-state index contributed by atoms with van der Waals surface area (Å²) in [5, 5.41) is 17.1. The minimum Gasteiger partial charge on any atom is -0.478 e. The maximum absolute atomic E-state index is 10.3. The molecule has 0 saturated heterocycles. The van der Waals surface area contributed by atoms with Crippen LogP contribution in [0, 0.1) is 0 Å². The summed E-state index contributed by atoms with van der Waals surface area (Å²) >= 11 is 0. The minimum atomic E-state index is -1.04. The predicted octanol–water partition coefficient (Wildman–Crippen LogP) is 0.426. The Balaban J connectivity index is 4.22. The van der Waals surface area contributed by atoms with Gasteiger partial charge in [-0.05, 0) is 13.8 Å². The number of aliphatic carboxylic acids is 1. The Morgan fingerprint density at radius 3 is 2.45 bits per heavy atom. The van der Waals surface area contributed by atoms with Gasteiger partial charge in [0.05, 0.1) is 5.57 Å². The molecule has 11 heavy (non-hydrogen) atoms. The third kappa shape index (κ3) is 4.27. The summed E-state index contributed by atoms with van der Waals surface area (Å²) < 4.78 is 0. The van der Waals surface area contributed by atoms with Crippen molar-refractivity contribution in [2.75, 3.05) is 0 Å². The first-order valence-corrected chi connectivity index (χ1v) is 3.18. The zero-order valence-corrected chi connectivity index (χ0v) is 6.48. The van der Waals surface area contributed by atoms with Crippen molar-refractivity contribution in [2.45, 2.75) is 20.1 Å². The smallest absolute Gasteiger partial charge is 0.336 e. The molecular weight excluding hydrogens is 146 g/mol. The number of allylic oxidation sites excluding steroid dienone is 1. The molecule has 2 N–H and O–H groups in total. The van der Waals surface area contributed by atoms with Gasteiger partial charge in [-0.3, -0.25) is 4.99 Å². The van der Waals surface area contributed by atoms with Crippen molar-refractivity contribution in [3.63, 3.8) is 0 Å². The zero-order valence-electron chi connectivity index (χ0n) is 6.48. The average molecular weight is 157 g/mol. The fourth-order valence-corrected chi connectivity index (χ4v) is 0.441. The summed E-state index contributed by atoms with van der Waals surface area (Å²) in [7, 11) is 0. The van der Waals surface area contributed by atoms with E-state index in [4.69, 9.17) is 10.2 Å². The van der Waals surface area contributed by atoms with E-state index in [1.54, 1.807) is 6.92 Å². The predicted molar refractivity (Wildman–Crippen MR) is 41.6 cm³/mol. The van der Waals surface area contributed by atoms with E-state index >= 15 is 0 Å². The van der Waals surface area contributed by atoms with Crippen LogP contribution < -0.4 is 0 Å². The van der Waals surface area contributed by atoms with Crippen molar-refractivity contribution in [3.05, 3.63) is 11.6 Å². The highest BCUT2D eigenvalue weighted by Gasteiger charge is 2.01. The standard InChI is InChI=1S/C7H11NO3/c1-3-6(7(10)11)4-8-5(2)9/h3-5,9H,1-2H3,(H,10,11)/b6-3+,8-4-. The SMILES string of the molecule is C/C=C(\C=N/C(C)O)C(=O)O. The van der Waals surface area contributed by atoms with Gasteiger partial charge in [0.25, 0.3) is 0 Å². The molecule has 0 spiro atoms. The third-order valence-corrected chi connectivity index (χ3v) is 0.987. The van der Waals surface area contributed by atoms with Crippen molar-refractivity contribution < 1.29 is 15.0 Å². The molecule has 0 aliphatic carbocycles. The highest BCUT2D eigenvalue weighted by molar-refractivity contribution is 6.08. The van der Waals surface area contributed by atoms with Crippen LogP contribution >= 0.6 is 0 Å². The topological polar surface area (TPSA) is 69.9 Å². The van der Waals surface area contributed by atoms with E-state index in [9.17, 15) is 4.79 Å². The van der Waals surface area contributed by atoms with E-state index in [0.717, 1.165) is 6.21 Å². The van der Waals surface area contributed by atoms with Crippen LogP contribution in [0.5, 0.6) is 0 Å². The lowest BCUT2D eigenvalue weighted by atomic mass is 10.3. The van der Waals surface area contributed by atoms with Crippen molar-refractivity contribution in [1.29, 1.82) is 0 Å². The number of hydrogen-bond acceptors (Lipinski definition) is 3. The Morgan fingerprint density at radius 1 is 1.64 bits per heavy atom. The van der Waals surface area contributed by atoms with Crippen LogP contribution in [0.15, 0.2) is 16.6 Å². The second-order valence-electron chi connectivity index (χ2n) is 1.96. The molecule has 1 atom stereocenters. The number of carbonyl (C=O) groups is 1. The van der Waals surface area contributed by atoms with Gasteiger partial charge in [-0.2, -0.15) is 0 Å². The number of rotatable bonds is 3. The molecule has 0 heterocycles. The minimum absolute atomic E-state index is 0.0749. The number of carboxylic acids is 1. The first-order valence-electron chi connectivity index (χ1n) is 3.18. The molecule has 0 aliphatic heterocycles. The Morgan fingerprint density at radius 2 is 2.18 bits per heavy atom. The van der Waals surface area contributed by atoms with E-state index < -0.39 is 12.2 Å². The summed E-state index contributed by atoms with van der Waals surface area (Å²) in [5.41, 5.74) is 0.0749. The maximum Gasteiger partial charge on any atom is 0.336 e. The average Bonchev–Trinajstić information content (AvgIpc) is 1.87. The highest BCUT2D eigenvalue weighted by Crippen LogP contribution is 1.91. The van der Waals surface area contributed by atoms with Gasteiger partial charge in [-0.25, -0.2) is 4.79 Å². The van der Waals surface area contributed by atoms with Gasteiger partial charge >= 0.3 is 5.97 Å². The monoisotopic (exact) mass is 157 g/mol. The quantitative estimate of drug-likeness (QED) is 0.461. The second kappa shape index (κ2) is 4.62. The molecule has 0 fully saturated rings. The summed E-state index contributed by atoms with van der Waals surface area (Å²) in [5.74, 6) is -1.04. The fourth-order valence-electron chi connectivity index (χ4n) is 0.441. The van der Waals surface area contributed by atoms with Crippen molar-refractivity contribution in [3.8, 4) is 0 Å². The Hall–Kier alpha value is -1.16. The summed E-state index contributed by atoms with van der Waals surface area (Å²) in [6.07, 6.45) is 1.69. The number of aliphatic hydroxyl groups excluding tert-OH is 1. The largest absolute Gasteiger partial charge is 0.478 e. The molecule has 0 amide bonds. The first-order chi connectivity index (χ1) is 5.07. The van der Waals surface area contributed by atoms with Crippen molar-refractivity contribution in [1.82, 2.24) is 0 Å². The molecule has 4 nitrogen and oxygen atoms in total. The van der Waals surface area contributed by atoms with E-state index in [-0.39, 0.29) is 5.57 Å². The maximum atomic E-state index is 10.3. The van der Waals surface area contributed by atoms with Gasteiger partial charge in [0.15, 0.2) is 0 Å². The summed E-state index contributed by atoms with van der Waals surface area (Å²) in [4.78, 5) is 13.8. The molecule has 1 unspecified atom stereocenters. The van der Waals surface area contributed by atoms with Gasteiger partial charge in [-0.15, -0.1) is 0 Å². The number of hydrogen-bond donors (Lipinski definition) is 2. The van der Waals surface area contributed by atoms with Gasteiger partial charge < -0.3 is 10.2 Å². The molecule has 0 aromatic heterocycles. The normalized spacial score (nSPS) is 15.4. The van der Waals surface area contributed by atoms with Crippen LogP contribution in [0.4, 0.5) is 0 Å². The molecule has 0 saturated carbocycles. The van der Waals surface area contributed by atoms with Crippen LogP contribution in [0.3, 0.4) is 0 Å². The summed E-state index contributed by atoms with van der Waals surface area (Å²) in [6.45, 7) is 3.04. The molecule has 0 aromatic carbocycles. The van der Waals surface area contributed by atoms with Crippen LogP contribution in [0.1, 0.15) is 13.8 Å². The lowest BCUT2D eigenvalue weighted by Gasteiger charge is -1.94. The van der Waals surface area contributed by atoms with Crippen LogP contribution in [-0.4, -0.2) is 28.6 Å². The first kappa shape index (κ1) is 9.84. The van der Waals surface area contributed by atoms with Gasteiger partial charge in [0, 0.05) is 6.21 Å². The van der Waals surface area contributed by atoms with E-state index in [1.807, 2.05) is 0 Å². The molecular formula is C7H11NO3. The van der Waals surface area contributed by atoms with Crippen molar-refractivity contribution >= 4 is 12.2 Å². The van der Waals surface area contributed by atoms with E-state index in [1.165, 1.54) is 13.0 Å². The van der Waals surface area contributed by atoms with Gasteiger partial charge in [0.2, 0.25) is 0 Å².